The lowest BCUT2D eigenvalue weighted by Gasteiger charge is -2.30. The molecular weight excluding hydrogens is 519 g/mol. The van der Waals surface area contributed by atoms with E-state index in [1.165, 1.54) is 31.6 Å². The zero-order valence-electron chi connectivity index (χ0n) is 20.8. The van der Waals surface area contributed by atoms with Crippen LogP contribution in [0.25, 0.3) is 10.9 Å². The van der Waals surface area contributed by atoms with Crippen molar-refractivity contribution in [2.75, 3.05) is 32.1 Å². The summed E-state index contributed by atoms with van der Waals surface area (Å²) in [5.41, 5.74) is 1.08. The number of halogens is 2. The zero-order valence-corrected chi connectivity index (χ0v) is 21.6. The van der Waals surface area contributed by atoms with Gasteiger partial charge in [0.25, 0.3) is 0 Å². The molecule has 38 heavy (non-hydrogen) atoms. The van der Waals surface area contributed by atoms with Crippen LogP contribution in [0.4, 0.5) is 15.9 Å². The molecule has 2 heterocycles. The molecule has 4 rings (SSSR count). The highest BCUT2D eigenvalue weighted by atomic mass is 35.5. The number of methoxy groups -OCH3 is 1. The highest BCUT2D eigenvalue weighted by Gasteiger charge is 2.24. The van der Waals surface area contributed by atoms with Gasteiger partial charge in [-0.15, -0.1) is 0 Å². The molecule has 0 aliphatic carbocycles. The topological polar surface area (TPSA) is 137 Å². The Bertz CT molecular complexity index is 1270. The van der Waals surface area contributed by atoms with Gasteiger partial charge in [0.1, 0.15) is 24.6 Å². The number of piperidine rings is 1. The van der Waals surface area contributed by atoms with Gasteiger partial charge < -0.3 is 35.0 Å². The standard InChI is InChI=1S/C26H30ClFN4O6/c1-37-23-12-22-19(26(30-14-29-22)31-15-2-3-21(28)20(27)8-15)11-24(23)38-13-18(35)9-17(34)10-25(36)32-6-4-16(33)5-7-32/h2-3,8,11-12,14,16-18,33-35H,4-7,9-10,13H2,1H3,(H,29,30,31). The largest absolute Gasteiger partial charge is 0.493 e. The molecule has 204 valence electrons. The summed E-state index contributed by atoms with van der Waals surface area (Å²) in [5, 5.41) is 34.0. The second kappa shape index (κ2) is 12.5. The second-order valence-electron chi connectivity index (χ2n) is 9.17. The molecule has 1 aromatic heterocycles. The van der Waals surface area contributed by atoms with Gasteiger partial charge in [0.15, 0.2) is 11.5 Å². The van der Waals surface area contributed by atoms with Gasteiger partial charge in [-0.2, -0.15) is 0 Å². The van der Waals surface area contributed by atoms with Crippen LogP contribution < -0.4 is 14.8 Å². The third-order valence-electron chi connectivity index (χ3n) is 6.31. The summed E-state index contributed by atoms with van der Waals surface area (Å²) in [6.07, 6.45) is -0.252. The molecule has 12 heteroatoms. The van der Waals surface area contributed by atoms with Gasteiger partial charge in [-0.05, 0) is 37.1 Å². The fourth-order valence-electron chi connectivity index (χ4n) is 4.24. The fourth-order valence-corrected chi connectivity index (χ4v) is 4.42. The molecule has 0 radical (unpaired) electrons. The molecule has 4 N–H and O–H groups in total. The molecule has 1 saturated heterocycles. The Labute approximate surface area is 224 Å². The van der Waals surface area contributed by atoms with Crippen LogP contribution in [0.5, 0.6) is 11.5 Å². The molecule has 1 aliphatic rings. The van der Waals surface area contributed by atoms with Crippen LogP contribution >= 0.6 is 11.6 Å². The monoisotopic (exact) mass is 548 g/mol. The lowest BCUT2D eigenvalue weighted by molar-refractivity contribution is -0.135. The van der Waals surface area contributed by atoms with Crippen molar-refractivity contribution in [2.45, 2.75) is 44.0 Å². The van der Waals surface area contributed by atoms with Gasteiger partial charge in [0.2, 0.25) is 5.91 Å². The molecule has 1 amide bonds. The smallest absolute Gasteiger partial charge is 0.225 e. The number of rotatable bonds is 10. The number of carbonyl (C=O) groups excluding carboxylic acids is 1. The maximum Gasteiger partial charge on any atom is 0.225 e. The predicted octanol–water partition coefficient (Wildman–Crippen LogP) is 3.04. The average molecular weight is 549 g/mol. The summed E-state index contributed by atoms with van der Waals surface area (Å²) in [6, 6.07) is 7.51. The fraction of sp³-hybridized carbons (Fsp3) is 0.423. The quantitative estimate of drug-likeness (QED) is 0.301. The first-order valence-electron chi connectivity index (χ1n) is 12.2. The number of hydrogen-bond acceptors (Lipinski definition) is 9. The lowest BCUT2D eigenvalue weighted by atomic mass is 10.1. The average Bonchev–Trinajstić information content (AvgIpc) is 2.89. The number of nitrogens with zero attached hydrogens (tertiary/aromatic N) is 3. The number of likely N-dealkylation sites (tertiary alicyclic amines) is 1. The summed E-state index contributed by atoms with van der Waals surface area (Å²) in [5.74, 6) is 0.360. The minimum absolute atomic E-state index is 0.0355. The number of amides is 1. The molecule has 3 aromatic rings. The molecule has 2 aromatic carbocycles. The van der Waals surface area contributed by atoms with Gasteiger partial charge >= 0.3 is 0 Å². The van der Waals surface area contributed by atoms with Crippen LogP contribution in [-0.2, 0) is 4.79 Å². The van der Waals surface area contributed by atoms with E-state index in [-0.39, 0.29) is 30.4 Å². The van der Waals surface area contributed by atoms with Gasteiger partial charge in [-0.3, -0.25) is 4.79 Å². The van der Waals surface area contributed by atoms with Crippen molar-refractivity contribution in [3.05, 3.63) is 47.5 Å². The number of aromatic nitrogens is 2. The van der Waals surface area contributed by atoms with Crippen LogP contribution in [-0.4, -0.2) is 81.2 Å². The van der Waals surface area contributed by atoms with E-state index in [4.69, 9.17) is 21.1 Å². The highest BCUT2D eigenvalue weighted by Crippen LogP contribution is 2.35. The van der Waals surface area contributed by atoms with Crippen molar-refractivity contribution in [1.29, 1.82) is 0 Å². The maximum absolute atomic E-state index is 13.5. The second-order valence-corrected chi connectivity index (χ2v) is 9.57. The Hall–Kier alpha value is -3.25. The number of hydrogen-bond donors (Lipinski definition) is 4. The van der Waals surface area contributed by atoms with Gasteiger partial charge in [-0.1, -0.05) is 11.6 Å². The number of fused-ring (bicyclic) bond motifs is 1. The SMILES string of the molecule is COc1cc2ncnc(Nc3ccc(F)c(Cl)c3)c2cc1OCC(O)CC(O)CC(=O)N1CCC(O)CC1. The summed E-state index contributed by atoms with van der Waals surface area (Å²) in [6.45, 7) is 0.747. The predicted molar refractivity (Wildman–Crippen MR) is 139 cm³/mol. The number of nitrogens with one attached hydrogen (secondary N) is 1. The lowest BCUT2D eigenvalue weighted by Crippen LogP contribution is -2.41. The first-order chi connectivity index (χ1) is 18.2. The van der Waals surface area contributed by atoms with Gasteiger partial charge in [0, 0.05) is 36.7 Å². The van der Waals surface area contributed by atoms with Crippen molar-refractivity contribution >= 4 is 39.9 Å². The molecule has 1 aliphatic heterocycles. The van der Waals surface area contributed by atoms with E-state index < -0.39 is 24.1 Å². The summed E-state index contributed by atoms with van der Waals surface area (Å²) < 4.78 is 24.8. The molecule has 2 atom stereocenters. The van der Waals surface area contributed by atoms with E-state index in [2.05, 4.69) is 15.3 Å². The number of benzene rings is 2. The normalized spacial score (nSPS) is 15.8. The van der Waals surface area contributed by atoms with Gasteiger partial charge in [0.05, 0.1) is 42.4 Å². The number of carbonyl (C=O) groups is 1. The Morgan fingerprint density at radius 2 is 1.95 bits per heavy atom. The highest BCUT2D eigenvalue weighted by molar-refractivity contribution is 6.31. The van der Waals surface area contributed by atoms with Crippen LogP contribution in [0, 0.1) is 5.82 Å². The Morgan fingerprint density at radius 3 is 2.66 bits per heavy atom. The minimum atomic E-state index is -1.05. The molecule has 0 bridgehead atoms. The summed E-state index contributed by atoms with van der Waals surface area (Å²) in [4.78, 5) is 22.5. The van der Waals surface area contributed by atoms with E-state index in [0.717, 1.165) is 0 Å². The third kappa shape index (κ3) is 6.98. The van der Waals surface area contributed by atoms with Crippen molar-refractivity contribution < 1.29 is 34.0 Å². The molecule has 0 saturated carbocycles. The molecule has 1 fully saturated rings. The van der Waals surface area contributed by atoms with Crippen LogP contribution in [0.3, 0.4) is 0 Å². The molecule has 0 spiro atoms. The number of ether oxygens (including phenoxy) is 2. The van der Waals surface area contributed by atoms with Crippen molar-refractivity contribution in [1.82, 2.24) is 14.9 Å². The zero-order chi connectivity index (χ0) is 27.2. The number of anilines is 2. The molecule has 10 nitrogen and oxygen atoms in total. The van der Waals surface area contributed by atoms with Crippen molar-refractivity contribution in [2.24, 2.45) is 0 Å². The van der Waals surface area contributed by atoms with Crippen LogP contribution in [0.2, 0.25) is 5.02 Å². The summed E-state index contributed by atoms with van der Waals surface area (Å²) in [7, 11) is 1.47. The van der Waals surface area contributed by atoms with E-state index in [0.29, 0.717) is 59.8 Å². The Kier molecular flexibility index (Phi) is 9.16. The first kappa shape index (κ1) is 27.8. The first-order valence-corrected chi connectivity index (χ1v) is 12.6. The Morgan fingerprint density at radius 1 is 1.18 bits per heavy atom. The summed E-state index contributed by atoms with van der Waals surface area (Å²) >= 11 is 5.89. The van der Waals surface area contributed by atoms with E-state index in [1.54, 1.807) is 17.0 Å². The van der Waals surface area contributed by atoms with Crippen LogP contribution in [0.1, 0.15) is 25.7 Å². The number of aliphatic hydroxyl groups is 3. The van der Waals surface area contributed by atoms with Gasteiger partial charge in [-0.25, -0.2) is 14.4 Å². The molecular formula is C26H30ClFN4O6. The minimum Gasteiger partial charge on any atom is -0.493 e. The maximum atomic E-state index is 13.5. The van der Waals surface area contributed by atoms with Crippen molar-refractivity contribution in [3.8, 4) is 11.5 Å². The van der Waals surface area contributed by atoms with E-state index in [1.807, 2.05) is 0 Å². The molecule has 2 unspecified atom stereocenters. The number of aliphatic hydroxyl groups excluding tert-OH is 3. The van der Waals surface area contributed by atoms with E-state index in [9.17, 15) is 24.5 Å². The van der Waals surface area contributed by atoms with Crippen molar-refractivity contribution in [3.63, 3.8) is 0 Å². The van der Waals surface area contributed by atoms with E-state index >= 15 is 0 Å². The Balaban J connectivity index is 1.40. The third-order valence-corrected chi connectivity index (χ3v) is 6.60. The van der Waals surface area contributed by atoms with Crippen LogP contribution in [0.15, 0.2) is 36.7 Å².